The fourth-order valence-electron chi connectivity index (χ4n) is 2.09. The van der Waals surface area contributed by atoms with Crippen molar-refractivity contribution in [2.75, 3.05) is 19.1 Å². The van der Waals surface area contributed by atoms with Gasteiger partial charge in [0, 0.05) is 13.6 Å². The molecule has 5 heteroatoms. The molecule has 0 saturated carbocycles. The Bertz CT molecular complexity index is 593. The Morgan fingerprint density at radius 1 is 1.33 bits per heavy atom. The number of thiazole rings is 1. The van der Waals surface area contributed by atoms with Crippen LogP contribution in [0.2, 0.25) is 0 Å². The van der Waals surface area contributed by atoms with E-state index in [1.807, 2.05) is 31.3 Å². The lowest BCUT2D eigenvalue weighted by Gasteiger charge is -2.15. The molecule has 21 heavy (non-hydrogen) atoms. The first kappa shape index (κ1) is 15.5. The van der Waals surface area contributed by atoms with E-state index in [9.17, 15) is 4.79 Å². The molecular formula is C16H20N2O2S. The van der Waals surface area contributed by atoms with E-state index in [4.69, 9.17) is 4.74 Å². The van der Waals surface area contributed by atoms with Gasteiger partial charge in [-0.2, -0.15) is 0 Å². The molecule has 0 aliphatic rings. The SMILES string of the molecule is CCCc1nc(N(C)Cc2ccc(OC)cc2)sc1C=O. The highest BCUT2D eigenvalue weighted by molar-refractivity contribution is 7.17. The van der Waals surface area contributed by atoms with Gasteiger partial charge >= 0.3 is 0 Å². The van der Waals surface area contributed by atoms with E-state index >= 15 is 0 Å². The topological polar surface area (TPSA) is 42.4 Å². The zero-order chi connectivity index (χ0) is 15.2. The molecule has 1 aromatic carbocycles. The Labute approximate surface area is 129 Å². The Morgan fingerprint density at radius 2 is 2.05 bits per heavy atom. The third kappa shape index (κ3) is 3.82. The summed E-state index contributed by atoms with van der Waals surface area (Å²) in [4.78, 5) is 18.5. The summed E-state index contributed by atoms with van der Waals surface area (Å²) in [6.07, 6.45) is 2.75. The monoisotopic (exact) mass is 304 g/mol. The molecular weight excluding hydrogens is 284 g/mol. The molecule has 0 bridgehead atoms. The highest BCUT2D eigenvalue weighted by atomic mass is 32.1. The summed E-state index contributed by atoms with van der Waals surface area (Å²) in [6.45, 7) is 2.84. The van der Waals surface area contributed by atoms with Crippen LogP contribution in [0, 0.1) is 0 Å². The Balaban J connectivity index is 2.11. The number of carbonyl (C=O) groups is 1. The van der Waals surface area contributed by atoms with Gasteiger partial charge in [-0.15, -0.1) is 0 Å². The van der Waals surface area contributed by atoms with Gasteiger partial charge < -0.3 is 9.64 Å². The molecule has 1 aromatic heterocycles. The van der Waals surface area contributed by atoms with Gasteiger partial charge in [0.1, 0.15) is 5.75 Å². The summed E-state index contributed by atoms with van der Waals surface area (Å²) in [5.74, 6) is 0.851. The molecule has 0 atom stereocenters. The number of aldehydes is 1. The van der Waals surface area contributed by atoms with Gasteiger partial charge in [-0.05, 0) is 24.1 Å². The maximum Gasteiger partial charge on any atom is 0.186 e. The minimum absolute atomic E-state index is 0.744. The number of benzene rings is 1. The number of ether oxygens (including phenoxy) is 1. The van der Waals surface area contributed by atoms with Crippen molar-refractivity contribution < 1.29 is 9.53 Å². The number of hydrogen-bond donors (Lipinski definition) is 0. The van der Waals surface area contributed by atoms with E-state index in [1.54, 1.807) is 7.11 Å². The van der Waals surface area contributed by atoms with E-state index < -0.39 is 0 Å². The fraction of sp³-hybridized carbons (Fsp3) is 0.375. The van der Waals surface area contributed by atoms with Crippen LogP contribution in [0.1, 0.15) is 34.3 Å². The molecule has 0 unspecified atom stereocenters. The molecule has 0 radical (unpaired) electrons. The summed E-state index contributed by atoms with van der Waals surface area (Å²) in [5, 5.41) is 0.886. The molecule has 0 aliphatic carbocycles. The zero-order valence-corrected chi connectivity index (χ0v) is 13.4. The summed E-state index contributed by atoms with van der Waals surface area (Å²) >= 11 is 1.46. The van der Waals surface area contributed by atoms with Crippen LogP contribution in [-0.4, -0.2) is 25.4 Å². The second-order valence-corrected chi connectivity index (χ2v) is 5.89. The predicted molar refractivity (Wildman–Crippen MR) is 86.6 cm³/mol. The van der Waals surface area contributed by atoms with Gasteiger partial charge in [-0.3, -0.25) is 4.79 Å². The average Bonchev–Trinajstić information content (AvgIpc) is 2.91. The number of nitrogens with zero attached hydrogens (tertiary/aromatic N) is 2. The Kier molecular flexibility index (Phi) is 5.33. The molecule has 1 heterocycles. The molecule has 0 N–H and O–H groups in total. The molecule has 0 aliphatic heterocycles. The van der Waals surface area contributed by atoms with Gasteiger partial charge in [0.05, 0.1) is 17.7 Å². The summed E-state index contributed by atoms with van der Waals surface area (Å²) in [6, 6.07) is 7.97. The van der Waals surface area contributed by atoms with Crippen LogP contribution < -0.4 is 9.64 Å². The number of methoxy groups -OCH3 is 1. The highest BCUT2D eigenvalue weighted by Gasteiger charge is 2.13. The second kappa shape index (κ2) is 7.22. The van der Waals surface area contributed by atoms with Crippen molar-refractivity contribution in [3.05, 3.63) is 40.4 Å². The molecule has 0 amide bonds. The smallest absolute Gasteiger partial charge is 0.186 e. The molecule has 2 rings (SSSR count). The van der Waals surface area contributed by atoms with Crippen LogP contribution in [-0.2, 0) is 13.0 Å². The van der Waals surface area contributed by atoms with Crippen LogP contribution >= 0.6 is 11.3 Å². The van der Waals surface area contributed by atoms with Gasteiger partial charge in [0.2, 0.25) is 0 Å². The first-order chi connectivity index (χ1) is 10.2. The lowest BCUT2D eigenvalue weighted by Crippen LogP contribution is -2.16. The maximum atomic E-state index is 11.1. The van der Waals surface area contributed by atoms with E-state index in [0.29, 0.717) is 0 Å². The van der Waals surface area contributed by atoms with Crippen LogP contribution in [0.4, 0.5) is 5.13 Å². The molecule has 4 nitrogen and oxygen atoms in total. The average molecular weight is 304 g/mol. The molecule has 0 spiro atoms. The summed E-state index contributed by atoms with van der Waals surface area (Å²) < 4.78 is 5.16. The number of aryl methyl sites for hydroxylation is 1. The highest BCUT2D eigenvalue weighted by Crippen LogP contribution is 2.26. The van der Waals surface area contributed by atoms with Crippen LogP contribution in [0.3, 0.4) is 0 Å². The zero-order valence-electron chi connectivity index (χ0n) is 12.6. The number of rotatable bonds is 7. The van der Waals surface area contributed by atoms with Gasteiger partial charge in [0.25, 0.3) is 0 Å². The standard InChI is InChI=1S/C16H20N2O2S/c1-4-5-14-15(11-19)21-16(17-14)18(2)10-12-6-8-13(20-3)9-7-12/h6-9,11H,4-5,10H2,1-3H3. The number of anilines is 1. The van der Waals surface area contributed by atoms with Crippen LogP contribution in [0.15, 0.2) is 24.3 Å². The van der Waals surface area contributed by atoms with Crippen LogP contribution in [0.25, 0.3) is 0 Å². The molecule has 0 saturated heterocycles. The summed E-state index contributed by atoms with van der Waals surface area (Å²) in [5.41, 5.74) is 2.09. The third-order valence-electron chi connectivity index (χ3n) is 3.22. The first-order valence-electron chi connectivity index (χ1n) is 6.96. The van der Waals surface area contributed by atoms with Gasteiger partial charge in [-0.1, -0.05) is 36.8 Å². The van der Waals surface area contributed by atoms with Crippen molar-refractivity contribution in [1.82, 2.24) is 4.98 Å². The summed E-state index contributed by atoms with van der Waals surface area (Å²) in [7, 11) is 3.65. The molecule has 2 aromatic rings. The number of carbonyl (C=O) groups excluding carboxylic acids is 1. The predicted octanol–water partition coefficient (Wildman–Crippen LogP) is 3.55. The first-order valence-corrected chi connectivity index (χ1v) is 7.78. The molecule has 0 fully saturated rings. The van der Waals surface area contributed by atoms with Crippen LogP contribution in [0.5, 0.6) is 5.75 Å². The maximum absolute atomic E-state index is 11.1. The van der Waals surface area contributed by atoms with Crippen molar-refractivity contribution in [1.29, 1.82) is 0 Å². The lowest BCUT2D eigenvalue weighted by molar-refractivity contribution is 0.112. The lowest BCUT2D eigenvalue weighted by atomic mass is 10.2. The Hall–Kier alpha value is -1.88. The molecule has 112 valence electrons. The normalized spacial score (nSPS) is 10.4. The number of hydrogen-bond acceptors (Lipinski definition) is 5. The van der Waals surface area contributed by atoms with Gasteiger partial charge in [-0.25, -0.2) is 4.98 Å². The van der Waals surface area contributed by atoms with Gasteiger partial charge in [0.15, 0.2) is 11.4 Å². The van der Waals surface area contributed by atoms with E-state index in [-0.39, 0.29) is 0 Å². The fourth-order valence-corrected chi connectivity index (χ4v) is 2.98. The van der Waals surface area contributed by atoms with E-state index in [1.165, 1.54) is 16.9 Å². The minimum Gasteiger partial charge on any atom is -0.497 e. The van der Waals surface area contributed by atoms with Crippen molar-refractivity contribution in [2.24, 2.45) is 0 Å². The third-order valence-corrected chi connectivity index (χ3v) is 4.35. The van der Waals surface area contributed by atoms with Crippen molar-refractivity contribution in [3.63, 3.8) is 0 Å². The largest absolute Gasteiger partial charge is 0.497 e. The Morgan fingerprint density at radius 3 is 2.62 bits per heavy atom. The van der Waals surface area contributed by atoms with E-state index in [2.05, 4.69) is 16.8 Å². The van der Waals surface area contributed by atoms with E-state index in [0.717, 1.165) is 47.1 Å². The minimum atomic E-state index is 0.744. The number of aromatic nitrogens is 1. The van der Waals surface area contributed by atoms with Crippen molar-refractivity contribution in [2.45, 2.75) is 26.3 Å². The van der Waals surface area contributed by atoms with Crippen molar-refractivity contribution in [3.8, 4) is 5.75 Å². The quantitative estimate of drug-likeness (QED) is 0.734. The van der Waals surface area contributed by atoms with Crippen molar-refractivity contribution >= 4 is 22.8 Å². The second-order valence-electron chi connectivity index (χ2n) is 4.88.